The molecule has 0 aromatic carbocycles. The van der Waals surface area contributed by atoms with E-state index in [-0.39, 0.29) is 38.9 Å². The molecule has 0 N–H and O–H groups in total. The van der Waals surface area contributed by atoms with Crippen molar-refractivity contribution in [2.24, 2.45) is 28.6 Å². The van der Waals surface area contributed by atoms with Crippen LogP contribution in [0.2, 0.25) is 36.3 Å². The Morgan fingerprint density at radius 1 is 0.942 bits per heavy atom. The minimum Gasteiger partial charge on any atom is -0.413 e. The van der Waals surface area contributed by atoms with Crippen LogP contribution in [0.4, 0.5) is 0 Å². The summed E-state index contributed by atoms with van der Waals surface area (Å²) >= 11 is 0. The van der Waals surface area contributed by atoms with Crippen LogP contribution >= 0.6 is 0 Å². The summed E-state index contributed by atoms with van der Waals surface area (Å²) in [5, 5.41) is 0.293. The van der Waals surface area contributed by atoms with Crippen molar-refractivity contribution < 1.29 is 23.1 Å². The Hall–Kier alpha value is -1.10. The lowest BCUT2D eigenvalue weighted by molar-refractivity contribution is -0.194. The Bertz CT molecular complexity index is 1410. The Morgan fingerprint density at radius 2 is 1.56 bits per heavy atom. The number of fused-ring (bicyclic) bond motifs is 1. The number of hydrogen-bond acceptors (Lipinski definition) is 5. The summed E-state index contributed by atoms with van der Waals surface area (Å²) in [5.41, 5.74) is 4.36. The van der Waals surface area contributed by atoms with Crippen LogP contribution in [0, 0.1) is 28.6 Å². The highest BCUT2D eigenvalue weighted by molar-refractivity contribution is 6.74. The van der Waals surface area contributed by atoms with Crippen LogP contribution in [0.1, 0.15) is 133 Å². The number of ketones is 1. The first-order valence-corrected chi connectivity index (χ1v) is 26.7. The minimum absolute atomic E-state index is 0.000774. The van der Waals surface area contributed by atoms with Gasteiger partial charge in [-0.15, -0.1) is 0 Å². The lowest BCUT2D eigenvalue weighted by Crippen LogP contribution is -2.49. The van der Waals surface area contributed by atoms with Crippen molar-refractivity contribution in [2.45, 2.75) is 187 Å². The van der Waals surface area contributed by atoms with Crippen LogP contribution in [-0.2, 0) is 23.1 Å². The standard InChI is InChI=1S/C45H76O5Si2/c1-32(17-20-36(46)23-25-45(26-27-45)44(10)47-28-29-48-44)38-21-22-39-34(16-15-24-43(38,39)9)18-19-35-30-37(49-51(11,12)41(3,4)5)31-40(33(35)2)50-52(13,14)42(6,7)8/h17-20,32,37-40H,2,15-16,21-31H2,1,3-14H3/b20-17+,34-18+,35-19-/t32-,37-,38-,39+,40+,43-/m1/s1. The van der Waals surface area contributed by atoms with E-state index >= 15 is 0 Å². The van der Waals surface area contributed by atoms with E-state index < -0.39 is 22.4 Å². The summed E-state index contributed by atoms with van der Waals surface area (Å²) in [6.07, 6.45) is 20.7. The molecule has 5 fully saturated rings. The zero-order valence-corrected chi connectivity index (χ0v) is 37.6. The van der Waals surface area contributed by atoms with Gasteiger partial charge in [0.1, 0.15) is 0 Å². The van der Waals surface area contributed by atoms with Gasteiger partial charge in [-0.25, -0.2) is 0 Å². The van der Waals surface area contributed by atoms with Crippen molar-refractivity contribution in [3.05, 3.63) is 47.6 Å². The maximum absolute atomic E-state index is 13.1. The molecule has 5 rings (SSSR count). The third kappa shape index (κ3) is 8.65. The summed E-state index contributed by atoms with van der Waals surface area (Å²) in [5.74, 6) is 1.29. The van der Waals surface area contributed by atoms with Crippen molar-refractivity contribution >= 4 is 22.4 Å². The predicted molar refractivity (Wildman–Crippen MR) is 221 cm³/mol. The molecule has 4 saturated carbocycles. The number of hydrogen-bond donors (Lipinski definition) is 0. The molecule has 52 heavy (non-hydrogen) atoms. The van der Waals surface area contributed by atoms with Gasteiger partial charge in [0.15, 0.2) is 28.2 Å². The number of carbonyl (C=O) groups excluding carboxylic acids is 1. The molecule has 0 spiro atoms. The van der Waals surface area contributed by atoms with Crippen LogP contribution in [0.3, 0.4) is 0 Å². The van der Waals surface area contributed by atoms with E-state index in [0.717, 1.165) is 37.7 Å². The molecule has 294 valence electrons. The van der Waals surface area contributed by atoms with Gasteiger partial charge >= 0.3 is 0 Å². The molecule has 0 radical (unpaired) electrons. The van der Waals surface area contributed by atoms with E-state index in [1.807, 2.05) is 6.08 Å². The van der Waals surface area contributed by atoms with E-state index in [2.05, 4.69) is 107 Å². The number of carbonyl (C=O) groups is 1. The minimum atomic E-state index is -2.01. The lowest BCUT2D eigenvalue weighted by atomic mass is 9.61. The fraction of sp³-hybridized carbons (Fsp3) is 0.800. The van der Waals surface area contributed by atoms with Crippen LogP contribution in [0.15, 0.2) is 47.6 Å². The molecule has 6 atom stereocenters. The average Bonchev–Trinajstić information content (AvgIpc) is 3.57. The molecule has 0 aromatic heterocycles. The van der Waals surface area contributed by atoms with Gasteiger partial charge in [0.05, 0.1) is 25.4 Å². The third-order valence-electron chi connectivity index (χ3n) is 15.5. The molecule has 1 aliphatic heterocycles. The van der Waals surface area contributed by atoms with E-state index in [9.17, 15) is 4.79 Å². The highest BCUT2D eigenvalue weighted by Gasteiger charge is 2.60. The summed E-state index contributed by atoms with van der Waals surface area (Å²) in [7, 11) is -3.96. The molecule has 4 aliphatic carbocycles. The van der Waals surface area contributed by atoms with Crippen molar-refractivity contribution in [1.82, 2.24) is 0 Å². The maximum atomic E-state index is 13.1. The summed E-state index contributed by atoms with van der Waals surface area (Å²) in [6.45, 7) is 36.5. The van der Waals surface area contributed by atoms with Gasteiger partial charge in [0, 0.05) is 18.3 Å². The molecule has 5 aliphatic rings. The van der Waals surface area contributed by atoms with Crippen LogP contribution < -0.4 is 0 Å². The highest BCUT2D eigenvalue weighted by Crippen LogP contribution is 2.61. The Morgan fingerprint density at radius 3 is 2.15 bits per heavy atom. The molecule has 1 saturated heterocycles. The van der Waals surface area contributed by atoms with Crippen LogP contribution in [0.5, 0.6) is 0 Å². The van der Waals surface area contributed by atoms with Gasteiger partial charge in [0.2, 0.25) is 0 Å². The Kier molecular flexibility index (Phi) is 12.2. The number of allylic oxidation sites excluding steroid dienone is 5. The Labute approximate surface area is 321 Å². The SMILES string of the molecule is C=C1/C(=C\C=C2/CCC[C@]3(C)[C@@H]([C@H](C)/C=C/C(=O)CCC4(C5(C)OCCO5)CC4)CC[C@@H]23)C[C@@H](O[Si](C)(C)C(C)(C)C)C[C@@H]1O[Si](C)(C)C(C)(C)C. The smallest absolute Gasteiger partial charge is 0.192 e. The molecule has 0 unspecified atom stereocenters. The molecule has 0 aromatic rings. The van der Waals surface area contributed by atoms with Gasteiger partial charge in [-0.2, -0.15) is 0 Å². The quantitative estimate of drug-likeness (QED) is 0.147. The second kappa shape index (κ2) is 15.1. The largest absolute Gasteiger partial charge is 0.413 e. The first-order chi connectivity index (χ1) is 23.9. The van der Waals surface area contributed by atoms with Crippen LogP contribution in [0.25, 0.3) is 0 Å². The summed E-state index contributed by atoms with van der Waals surface area (Å²) in [4.78, 5) is 13.1. The van der Waals surface area contributed by atoms with Gasteiger partial charge in [-0.3, -0.25) is 4.79 Å². The van der Waals surface area contributed by atoms with E-state index in [1.165, 1.54) is 37.7 Å². The first-order valence-electron chi connectivity index (χ1n) is 20.9. The molecular weight excluding hydrogens is 677 g/mol. The normalized spacial score (nSPS) is 33.2. The van der Waals surface area contributed by atoms with Gasteiger partial charge in [-0.1, -0.05) is 85.8 Å². The zero-order valence-electron chi connectivity index (χ0n) is 35.6. The van der Waals surface area contributed by atoms with Gasteiger partial charge in [-0.05, 0) is 141 Å². The number of rotatable bonds is 12. The van der Waals surface area contributed by atoms with Gasteiger partial charge < -0.3 is 18.3 Å². The van der Waals surface area contributed by atoms with Crippen molar-refractivity contribution in [1.29, 1.82) is 0 Å². The lowest BCUT2D eigenvalue weighted by Gasteiger charge is -2.45. The van der Waals surface area contributed by atoms with E-state index in [1.54, 1.807) is 5.57 Å². The van der Waals surface area contributed by atoms with Crippen molar-refractivity contribution in [3.8, 4) is 0 Å². The second-order valence-electron chi connectivity index (χ2n) is 21.0. The zero-order chi connectivity index (χ0) is 38.5. The highest BCUT2D eigenvalue weighted by atomic mass is 28.4. The van der Waals surface area contributed by atoms with Crippen LogP contribution in [-0.4, -0.2) is 53.6 Å². The van der Waals surface area contributed by atoms with Crippen molar-refractivity contribution in [3.63, 3.8) is 0 Å². The number of ether oxygens (including phenoxy) is 2. The summed E-state index contributed by atoms with van der Waals surface area (Å²) in [6, 6.07) is 0. The van der Waals surface area contributed by atoms with E-state index in [0.29, 0.717) is 37.4 Å². The molecular formula is C45H76O5Si2. The van der Waals surface area contributed by atoms with E-state index in [4.69, 9.17) is 24.9 Å². The topological polar surface area (TPSA) is 54.0 Å². The maximum Gasteiger partial charge on any atom is 0.192 e. The van der Waals surface area contributed by atoms with Crippen molar-refractivity contribution in [2.75, 3.05) is 13.2 Å². The second-order valence-corrected chi connectivity index (χ2v) is 30.5. The fourth-order valence-corrected chi connectivity index (χ4v) is 12.3. The monoisotopic (exact) mass is 753 g/mol. The van der Waals surface area contributed by atoms with Gasteiger partial charge in [0.25, 0.3) is 0 Å². The first kappa shape index (κ1) is 42.1. The molecule has 5 nitrogen and oxygen atoms in total. The third-order valence-corrected chi connectivity index (χ3v) is 24.5. The predicted octanol–water partition coefficient (Wildman–Crippen LogP) is 12.3. The average molecular weight is 753 g/mol. The molecule has 0 bridgehead atoms. The fourth-order valence-electron chi connectivity index (χ4n) is 9.65. The Balaban J connectivity index is 1.28. The summed E-state index contributed by atoms with van der Waals surface area (Å²) < 4.78 is 26.2. The molecule has 0 amide bonds. The molecule has 1 heterocycles. The molecule has 7 heteroatoms.